The maximum absolute atomic E-state index is 12.7. The van der Waals surface area contributed by atoms with Crippen LogP contribution in [0.25, 0.3) is 0 Å². The molecule has 0 saturated heterocycles. The topological polar surface area (TPSA) is 64.6 Å². The fourth-order valence-corrected chi connectivity index (χ4v) is 4.04. The fourth-order valence-electron chi connectivity index (χ4n) is 2.80. The maximum atomic E-state index is 12.7. The molecule has 0 aromatic heterocycles. The third-order valence-corrected chi connectivity index (χ3v) is 5.88. The zero-order valence-corrected chi connectivity index (χ0v) is 16.3. The maximum Gasteiger partial charge on any atom is 0.241 e. The molecule has 2 aromatic carbocycles. The monoisotopic (exact) mass is 363 g/mol. The average molecular weight is 363 g/mol. The Hall–Kier alpha value is -2.05. The van der Waals surface area contributed by atoms with Gasteiger partial charge in [-0.3, -0.25) is 0 Å². The third kappa shape index (κ3) is 4.14. The smallest absolute Gasteiger partial charge is 0.241 e. The highest BCUT2D eigenvalue weighted by atomic mass is 32.2. The lowest BCUT2D eigenvalue weighted by molar-refractivity contribution is 0.354. The van der Waals surface area contributed by atoms with Crippen molar-refractivity contribution < 1.29 is 17.9 Å². The van der Waals surface area contributed by atoms with Gasteiger partial charge in [-0.1, -0.05) is 12.1 Å². The van der Waals surface area contributed by atoms with Crippen LogP contribution in [-0.2, 0) is 10.0 Å². The van der Waals surface area contributed by atoms with Crippen LogP contribution < -0.4 is 14.2 Å². The molecule has 5 nitrogen and oxygen atoms in total. The van der Waals surface area contributed by atoms with Crippen LogP contribution in [-0.4, -0.2) is 22.6 Å². The van der Waals surface area contributed by atoms with E-state index in [2.05, 4.69) is 10.8 Å². The van der Waals surface area contributed by atoms with Gasteiger partial charge in [0.2, 0.25) is 10.0 Å². The molecule has 25 heavy (non-hydrogen) atoms. The van der Waals surface area contributed by atoms with Crippen molar-refractivity contribution in [3.8, 4) is 11.5 Å². The summed E-state index contributed by atoms with van der Waals surface area (Å²) in [7, 11) is -0.707. The second-order valence-electron chi connectivity index (χ2n) is 6.15. The molecule has 6 heteroatoms. The van der Waals surface area contributed by atoms with Gasteiger partial charge in [-0.15, -0.1) is 0 Å². The molecule has 0 aliphatic rings. The number of hydrogen-bond acceptors (Lipinski definition) is 4. The van der Waals surface area contributed by atoms with Crippen LogP contribution in [0.5, 0.6) is 11.5 Å². The van der Waals surface area contributed by atoms with E-state index in [1.807, 2.05) is 33.8 Å². The van der Waals surface area contributed by atoms with E-state index in [0.29, 0.717) is 11.5 Å². The average Bonchev–Trinajstić information content (AvgIpc) is 2.56. The van der Waals surface area contributed by atoms with E-state index in [-0.39, 0.29) is 10.9 Å². The van der Waals surface area contributed by atoms with Crippen molar-refractivity contribution in [2.75, 3.05) is 14.2 Å². The van der Waals surface area contributed by atoms with Crippen molar-refractivity contribution in [1.29, 1.82) is 0 Å². The van der Waals surface area contributed by atoms with Gasteiger partial charge in [0.15, 0.2) is 11.5 Å². The SMILES string of the molecule is COc1ccc(S(=O)(=O)N[C@H](C)c2cc(C)c(C)cc2C)cc1OC. The number of methoxy groups -OCH3 is 2. The Labute approximate surface area is 150 Å². The minimum Gasteiger partial charge on any atom is -0.493 e. The number of hydrogen-bond donors (Lipinski definition) is 1. The van der Waals surface area contributed by atoms with Gasteiger partial charge >= 0.3 is 0 Å². The van der Waals surface area contributed by atoms with Gasteiger partial charge in [0.05, 0.1) is 19.1 Å². The van der Waals surface area contributed by atoms with Gasteiger partial charge in [0.25, 0.3) is 0 Å². The van der Waals surface area contributed by atoms with Gasteiger partial charge in [0, 0.05) is 12.1 Å². The molecule has 2 rings (SSSR count). The molecule has 0 amide bonds. The zero-order valence-electron chi connectivity index (χ0n) is 15.5. The van der Waals surface area contributed by atoms with Crippen LogP contribution >= 0.6 is 0 Å². The highest BCUT2D eigenvalue weighted by molar-refractivity contribution is 7.89. The molecule has 1 atom stereocenters. The van der Waals surface area contributed by atoms with Crippen LogP contribution in [0.2, 0.25) is 0 Å². The summed E-state index contributed by atoms with van der Waals surface area (Å²) in [6.45, 7) is 7.90. The van der Waals surface area contributed by atoms with Crippen LogP contribution in [0, 0.1) is 20.8 Å². The lowest BCUT2D eigenvalue weighted by Gasteiger charge is -2.19. The first kappa shape index (κ1) is 19.3. The van der Waals surface area contributed by atoms with Gasteiger partial charge in [-0.05, 0) is 62.1 Å². The Morgan fingerprint density at radius 1 is 0.880 bits per heavy atom. The van der Waals surface area contributed by atoms with E-state index in [9.17, 15) is 8.42 Å². The zero-order chi connectivity index (χ0) is 18.8. The molecule has 1 N–H and O–H groups in total. The van der Waals surface area contributed by atoms with Gasteiger partial charge in [-0.25, -0.2) is 13.1 Å². The summed E-state index contributed by atoms with van der Waals surface area (Å²) < 4.78 is 38.6. The molecule has 0 fully saturated rings. The van der Waals surface area contributed by atoms with E-state index in [1.165, 1.54) is 31.9 Å². The third-order valence-electron chi connectivity index (χ3n) is 4.35. The second kappa shape index (κ2) is 7.45. The second-order valence-corrected chi connectivity index (χ2v) is 7.87. The van der Waals surface area contributed by atoms with Crippen LogP contribution in [0.1, 0.15) is 35.2 Å². The Balaban J connectivity index is 2.34. The molecule has 136 valence electrons. The Bertz CT molecular complexity index is 875. The summed E-state index contributed by atoms with van der Waals surface area (Å²) in [5.41, 5.74) is 4.35. The van der Waals surface area contributed by atoms with E-state index in [1.54, 1.807) is 6.07 Å². The first-order chi connectivity index (χ1) is 11.7. The van der Waals surface area contributed by atoms with E-state index in [0.717, 1.165) is 16.7 Å². The van der Waals surface area contributed by atoms with E-state index in [4.69, 9.17) is 9.47 Å². The number of sulfonamides is 1. The van der Waals surface area contributed by atoms with Crippen molar-refractivity contribution in [2.24, 2.45) is 0 Å². The molecule has 0 radical (unpaired) electrons. The predicted molar refractivity (Wildman–Crippen MR) is 98.9 cm³/mol. The van der Waals surface area contributed by atoms with E-state index >= 15 is 0 Å². The molecule has 0 aliphatic carbocycles. The van der Waals surface area contributed by atoms with Crippen molar-refractivity contribution in [2.45, 2.75) is 38.6 Å². The van der Waals surface area contributed by atoms with Crippen LogP contribution in [0.3, 0.4) is 0 Å². The van der Waals surface area contributed by atoms with Crippen molar-refractivity contribution in [3.05, 3.63) is 52.6 Å². The first-order valence-corrected chi connectivity index (χ1v) is 9.50. The summed E-state index contributed by atoms with van der Waals surface area (Å²) in [6, 6.07) is 8.31. The Kier molecular flexibility index (Phi) is 5.75. The summed E-state index contributed by atoms with van der Waals surface area (Å²) in [6.07, 6.45) is 0. The number of benzene rings is 2. The molecule has 2 aromatic rings. The number of aryl methyl sites for hydroxylation is 3. The van der Waals surface area contributed by atoms with Crippen LogP contribution in [0.15, 0.2) is 35.2 Å². The summed E-state index contributed by atoms with van der Waals surface area (Å²) in [5, 5.41) is 0. The number of nitrogens with one attached hydrogen (secondary N) is 1. The number of rotatable bonds is 6. The van der Waals surface area contributed by atoms with Gasteiger partial charge in [-0.2, -0.15) is 0 Å². The minimum absolute atomic E-state index is 0.137. The van der Waals surface area contributed by atoms with Gasteiger partial charge in [0.1, 0.15) is 0 Å². The Morgan fingerprint density at radius 3 is 2.08 bits per heavy atom. The molecule has 0 unspecified atom stereocenters. The fraction of sp³-hybridized carbons (Fsp3) is 0.368. The largest absolute Gasteiger partial charge is 0.493 e. The summed E-state index contributed by atoms with van der Waals surface area (Å²) in [4.78, 5) is 0.137. The molecule has 0 spiro atoms. The molecule has 0 saturated carbocycles. The quantitative estimate of drug-likeness (QED) is 0.850. The highest BCUT2D eigenvalue weighted by Crippen LogP contribution is 2.30. The van der Waals surface area contributed by atoms with Crippen molar-refractivity contribution in [3.63, 3.8) is 0 Å². The molecule has 0 bridgehead atoms. The molecular weight excluding hydrogens is 338 g/mol. The predicted octanol–water partition coefficient (Wildman–Crippen LogP) is 3.67. The standard InChI is InChI=1S/C19H25NO4S/c1-12-9-14(3)17(10-13(12)2)15(4)20-25(21,22)16-7-8-18(23-5)19(11-16)24-6/h7-11,15,20H,1-6H3/t15-/m1/s1. The van der Waals surface area contributed by atoms with E-state index < -0.39 is 10.0 Å². The minimum atomic E-state index is -3.69. The highest BCUT2D eigenvalue weighted by Gasteiger charge is 2.21. The van der Waals surface area contributed by atoms with Crippen molar-refractivity contribution >= 4 is 10.0 Å². The molecule has 0 aliphatic heterocycles. The summed E-state index contributed by atoms with van der Waals surface area (Å²) in [5.74, 6) is 0.861. The number of ether oxygens (including phenoxy) is 2. The normalized spacial score (nSPS) is 12.7. The lowest BCUT2D eigenvalue weighted by Crippen LogP contribution is -2.27. The van der Waals surface area contributed by atoms with Crippen molar-refractivity contribution in [1.82, 2.24) is 4.72 Å². The van der Waals surface area contributed by atoms with Gasteiger partial charge < -0.3 is 9.47 Å². The molecule has 0 heterocycles. The lowest BCUT2D eigenvalue weighted by atomic mass is 9.97. The molecular formula is C19H25NO4S. The Morgan fingerprint density at radius 2 is 1.48 bits per heavy atom. The summed E-state index contributed by atoms with van der Waals surface area (Å²) >= 11 is 0. The first-order valence-electron chi connectivity index (χ1n) is 8.01. The van der Waals surface area contributed by atoms with Crippen LogP contribution in [0.4, 0.5) is 0 Å².